The Morgan fingerprint density at radius 1 is 0.372 bits per heavy atom. The number of rotatable bonds is 1. The number of imide groups is 1. The van der Waals surface area contributed by atoms with Crippen LogP contribution in [0.5, 0.6) is 5.88 Å². The van der Waals surface area contributed by atoms with E-state index in [1.165, 1.54) is 82.7 Å². The summed E-state index contributed by atoms with van der Waals surface area (Å²) in [6, 6.07) is 64.7. The molecule has 0 unspecified atom stereocenters. The first-order valence-corrected chi connectivity index (χ1v) is 41.1. The molecule has 20 rings (SSSR count). The second-order valence-electron chi connectivity index (χ2n) is 29.9. The van der Waals surface area contributed by atoms with Gasteiger partial charge in [-0.1, -0.05) is 117 Å². The van der Waals surface area contributed by atoms with E-state index in [1.54, 1.807) is 74.8 Å². The average molecular weight is 1650 g/mol. The third-order valence-corrected chi connectivity index (χ3v) is 21.2. The lowest BCUT2D eigenvalue weighted by Crippen LogP contribution is -2.24. The van der Waals surface area contributed by atoms with Crippen LogP contribution in [-0.4, -0.2) is 76.1 Å². The maximum absolute atomic E-state index is 11.5. The highest BCUT2D eigenvalue weighted by Gasteiger charge is 2.32. The van der Waals surface area contributed by atoms with E-state index in [4.69, 9.17) is 22.6 Å². The van der Waals surface area contributed by atoms with Crippen molar-refractivity contribution in [2.75, 3.05) is 14.2 Å². The maximum atomic E-state index is 11.5. The van der Waals surface area contributed by atoms with E-state index in [2.05, 4.69) is 178 Å². The van der Waals surface area contributed by atoms with Gasteiger partial charge in [-0.3, -0.25) is 34.4 Å². The van der Waals surface area contributed by atoms with Crippen LogP contribution in [0.1, 0.15) is 126 Å². The summed E-state index contributed by atoms with van der Waals surface area (Å²) in [7, 11) is 3.11. The third kappa shape index (κ3) is 25.5. The number of hydrogen-bond donors (Lipinski definition) is 0. The van der Waals surface area contributed by atoms with Gasteiger partial charge in [0.2, 0.25) is 5.88 Å². The van der Waals surface area contributed by atoms with Gasteiger partial charge in [0.25, 0.3) is 11.8 Å². The molecule has 1 aliphatic rings. The lowest BCUT2D eigenvalue weighted by atomic mass is 10.1. The molecule has 2 amide bonds. The van der Waals surface area contributed by atoms with Crippen molar-refractivity contribution >= 4 is 121 Å². The van der Waals surface area contributed by atoms with E-state index in [9.17, 15) is 14.4 Å². The maximum Gasteiger partial charge on any atom is 0.339 e. The molecule has 20 heteroatoms. The summed E-state index contributed by atoms with van der Waals surface area (Å²) in [5, 5.41) is 16.6. The fourth-order valence-corrected chi connectivity index (χ4v) is 14.1. The number of nitrogens with zero attached hydrogens (tertiary/aromatic N) is 10. The third-order valence-electron chi connectivity index (χ3n) is 19.1. The number of carbonyl (C=O) groups is 2. The number of aryl methyl sites for hydroxylation is 18. The molecule has 11 heterocycles. The van der Waals surface area contributed by atoms with Gasteiger partial charge < -0.3 is 22.6 Å². The van der Waals surface area contributed by atoms with Gasteiger partial charge in [0.15, 0.2) is 5.58 Å². The van der Waals surface area contributed by atoms with Gasteiger partial charge in [0.05, 0.1) is 84.9 Å². The number of aromatic nitrogens is 9. The van der Waals surface area contributed by atoms with Gasteiger partial charge in [-0.25, -0.2) is 19.7 Å². The van der Waals surface area contributed by atoms with Crippen molar-refractivity contribution in [2.24, 2.45) is 0 Å². The molecule has 0 aliphatic carbocycles. The van der Waals surface area contributed by atoms with E-state index < -0.39 is 0 Å². The molecule has 0 N–H and O–H groups in total. The van der Waals surface area contributed by atoms with E-state index in [0.717, 1.165) is 110 Å². The number of thiophene rings is 1. The summed E-state index contributed by atoms with van der Waals surface area (Å²) < 4.78 is 27.7. The van der Waals surface area contributed by atoms with Crippen molar-refractivity contribution in [3.05, 3.63) is 364 Å². The number of carbonyl (C=O) groups excluding carboxylic acids is 2. The highest BCUT2D eigenvalue weighted by molar-refractivity contribution is 7.18. The molecule has 18 nitrogen and oxygen atoms in total. The molecule has 10 aromatic heterocycles. The molecule has 121 heavy (non-hydrogen) atoms. The summed E-state index contributed by atoms with van der Waals surface area (Å²) in [4.78, 5) is 65.2. The Kier molecular flexibility index (Phi) is 31.3. The van der Waals surface area contributed by atoms with Gasteiger partial charge in [-0.2, -0.15) is 0 Å². The zero-order valence-corrected chi connectivity index (χ0v) is 74.2. The summed E-state index contributed by atoms with van der Waals surface area (Å²) in [6.45, 7) is 38.2. The lowest BCUT2D eigenvalue weighted by Gasteiger charge is -2.03. The summed E-state index contributed by atoms with van der Waals surface area (Å²) >= 11 is 3.57. The Labute approximate surface area is 714 Å². The number of hydrogen-bond acceptors (Lipinski definition) is 19. The zero-order valence-electron chi connectivity index (χ0n) is 72.6. The molecule has 0 saturated carbocycles. The van der Waals surface area contributed by atoms with Crippen molar-refractivity contribution in [3.8, 4) is 5.88 Å². The smallest absolute Gasteiger partial charge is 0.339 e. The molecule has 19 aromatic rings. The minimum Gasteiger partial charge on any atom is -0.481 e. The quantitative estimate of drug-likeness (QED) is 0.110. The highest BCUT2D eigenvalue weighted by atomic mass is 32.1. The molecule has 9 aromatic carbocycles. The van der Waals surface area contributed by atoms with Crippen LogP contribution in [0, 0.1) is 132 Å². The summed E-state index contributed by atoms with van der Waals surface area (Å²) in [5.74, 6) is 1.13. The Balaban J connectivity index is 0.000000140. The second kappa shape index (κ2) is 42.2. The molecule has 0 saturated heterocycles. The monoisotopic (exact) mass is 1650 g/mol. The SMILES string of the molecule is COc1ccc(C)cn1.Cc1cc(C)on1.Cc1ccc2c(C)c(C)c(=O)oc2c1.Cc1ccc2c(c1)C(=O)N(C)C2=O.Cc1ccc2nc(C)ccc2c1.Cc1ccc2nc(C)cnc2c1.Cc1ccc2nccnc2c1.Cc1ccc2occ(C)c2c1.Cc1ccc2oncc2c1.Cc1ccc2sc(C)nc2c1.Cc1ccc2scc(C)c2c1. The van der Waals surface area contributed by atoms with E-state index in [0.29, 0.717) is 28.2 Å². The minimum absolute atomic E-state index is 0.205. The topological polar surface area (TPSA) is 232 Å². The Morgan fingerprint density at radius 2 is 0.926 bits per heavy atom. The molecule has 616 valence electrons. The Morgan fingerprint density at radius 3 is 1.59 bits per heavy atom. The van der Waals surface area contributed by atoms with Crippen LogP contribution in [0.15, 0.2) is 259 Å². The molecule has 0 radical (unpaired) electrons. The largest absolute Gasteiger partial charge is 0.481 e. The molecular formula is C101H102N10O8S2. The fraction of sp³-hybridized carbons (Fsp3) is 0.208. The number of thiazole rings is 1. The number of pyridine rings is 2. The van der Waals surface area contributed by atoms with Gasteiger partial charge in [0, 0.05) is 81.5 Å². The molecule has 0 spiro atoms. The molecule has 0 atom stereocenters. The molecule has 0 fully saturated rings. The van der Waals surface area contributed by atoms with Gasteiger partial charge >= 0.3 is 5.63 Å². The highest BCUT2D eigenvalue weighted by Crippen LogP contribution is 2.28. The first-order chi connectivity index (χ1) is 57.8. The fourth-order valence-electron chi connectivity index (χ4n) is 12.4. The average Bonchev–Trinajstić information content (AvgIpc) is 1.51. The van der Waals surface area contributed by atoms with Crippen LogP contribution >= 0.6 is 22.7 Å². The van der Waals surface area contributed by atoms with Gasteiger partial charge in [-0.05, 0) is 290 Å². The number of amides is 2. The summed E-state index contributed by atoms with van der Waals surface area (Å²) in [5.41, 5.74) is 28.8. The molecule has 0 bridgehead atoms. The standard InChI is InChI=1S/C12H12O2.C11H11N.C10H10N2.C10H9NO2.C10H10O.C10H10S.C9H8N2.C9H9NS.C8H7NO.C7H9NO.C5H7NO/c1-7-4-5-10-8(2)9(3)12(13)14-11(10)6-7;1-8-3-6-11-10(7-8)5-4-9(2)12-11;1-7-3-4-9-10(5-7)11-6-8(2)12-9;1-6-3-4-7-8(5-6)10(13)11(2)9(7)12;2*1-7-3-4-10-9(5-7)8(2)6-11-10;1-7-2-3-8-9(6-7)11-5-4-10-8;1-6-3-4-9-8(5-6)10-7(2)11-9;1-6-2-3-8-7(4-6)5-9-10-8;1-6-3-4-7(9-2)8-5-6;1-4-3-5(2)7-6-4/h4-6H,1-3H3;3-7H,1-2H3;3-6H,1-2H3;3-5H,1-2H3;2*3-6H,1-2H3;2-6H,1H3;3-5H,1-2H3;2-5H,1H3;3-5H,1-2H3;3H,1-2H3. The number of benzene rings is 9. The van der Waals surface area contributed by atoms with E-state index in [1.807, 2.05) is 191 Å². The van der Waals surface area contributed by atoms with Crippen LogP contribution in [0.3, 0.4) is 0 Å². The zero-order chi connectivity index (χ0) is 87.1. The van der Waals surface area contributed by atoms with Crippen LogP contribution in [0.25, 0.3) is 86.2 Å². The Hall–Kier alpha value is -13.6. The van der Waals surface area contributed by atoms with E-state index >= 15 is 0 Å². The number of furan rings is 1. The molecular weight excluding hydrogens is 1550 g/mol. The predicted molar refractivity (Wildman–Crippen MR) is 495 cm³/mol. The van der Waals surface area contributed by atoms with Gasteiger partial charge in [-0.15, -0.1) is 22.7 Å². The van der Waals surface area contributed by atoms with Gasteiger partial charge in [0.1, 0.15) is 16.9 Å². The number of fused-ring (bicyclic) bond motifs is 9. The van der Waals surface area contributed by atoms with Crippen LogP contribution in [-0.2, 0) is 0 Å². The van der Waals surface area contributed by atoms with Crippen LogP contribution in [0.2, 0.25) is 0 Å². The summed E-state index contributed by atoms with van der Waals surface area (Å²) in [6.07, 6.45) is 10.5. The number of ether oxygens (including phenoxy) is 1. The predicted octanol–water partition coefficient (Wildman–Crippen LogP) is 25.3. The normalized spacial score (nSPS) is 10.9. The van der Waals surface area contributed by atoms with Crippen LogP contribution < -0.4 is 10.4 Å². The first kappa shape index (κ1) is 89.8. The van der Waals surface area contributed by atoms with Crippen molar-refractivity contribution in [3.63, 3.8) is 0 Å². The van der Waals surface area contributed by atoms with Crippen molar-refractivity contribution in [2.45, 2.75) is 132 Å². The molecule has 1 aliphatic heterocycles. The minimum atomic E-state index is -0.236. The number of methoxy groups -OCH3 is 1. The van der Waals surface area contributed by atoms with Crippen LogP contribution in [0.4, 0.5) is 0 Å². The second-order valence-corrected chi connectivity index (χ2v) is 32.1. The lowest BCUT2D eigenvalue weighted by molar-refractivity contribution is 0.0692. The Bertz CT molecular complexity index is 6570. The van der Waals surface area contributed by atoms with Crippen molar-refractivity contribution in [1.82, 2.24) is 50.1 Å². The van der Waals surface area contributed by atoms with E-state index in [-0.39, 0.29) is 17.4 Å². The van der Waals surface area contributed by atoms with Crippen molar-refractivity contribution < 1.29 is 32.2 Å². The first-order valence-electron chi connectivity index (χ1n) is 39.4. The van der Waals surface area contributed by atoms with Crippen molar-refractivity contribution in [1.29, 1.82) is 0 Å².